The molecule has 1 saturated carbocycles. The van der Waals surface area contributed by atoms with Crippen molar-refractivity contribution in [2.45, 2.75) is 49.9 Å². The van der Waals surface area contributed by atoms with E-state index in [2.05, 4.69) is 5.32 Å². The summed E-state index contributed by atoms with van der Waals surface area (Å²) in [7, 11) is 0. The van der Waals surface area contributed by atoms with Gasteiger partial charge in [-0.05, 0) is 27.2 Å². The molecule has 1 aliphatic carbocycles. The van der Waals surface area contributed by atoms with Crippen LogP contribution < -0.4 is 5.32 Å². The lowest BCUT2D eigenvalue weighted by Crippen LogP contribution is -2.60. The molecule has 0 radical (unpaired) electrons. The fraction of sp³-hybridized carbons (Fsp3) is 0.857. The zero-order chi connectivity index (χ0) is 17.6. The van der Waals surface area contributed by atoms with E-state index < -0.39 is 46.7 Å². The fourth-order valence-electron chi connectivity index (χ4n) is 3.34. The van der Waals surface area contributed by atoms with Crippen molar-refractivity contribution >= 4 is 23.7 Å². The second-order valence-electron chi connectivity index (χ2n) is 7.05. The van der Waals surface area contributed by atoms with Crippen LogP contribution in [0.4, 0.5) is 9.59 Å². The standard InChI is InChI=1S/C14H23ClN2O6/c1-13(2,3)23-12(22)17-10(20)14(16-11(17)21)8(6-19)4-7(5-18)9(14)15/h7-10,18-20H,4-6H2,1-3H3,(H,16,21)/t7-,8+,9+,10-,14-/m1/s1. The van der Waals surface area contributed by atoms with Gasteiger partial charge < -0.3 is 25.4 Å². The van der Waals surface area contributed by atoms with E-state index in [1.165, 1.54) is 0 Å². The third kappa shape index (κ3) is 2.88. The summed E-state index contributed by atoms with van der Waals surface area (Å²) in [5.41, 5.74) is -2.26. The number of nitrogens with zero attached hydrogens (tertiary/aromatic N) is 1. The Labute approximate surface area is 139 Å². The quantitative estimate of drug-likeness (QED) is 0.529. The zero-order valence-corrected chi connectivity index (χ0v) is 14.1. The molecule has 1 heterocycles. The molecule has 132 valence electrons. The predicted molar refractivity (Wildman–Crippen MR) is 80.8 cm³/mol. The molecule has 0 aromatic rings. The molecule has 3 amide bonds. The van der Waals surface area contributed by atoms with Crippen LogP contribution in [0.3, 0.4) is 0 Å². The average molecular weight is 351 g/mol. The first-order chi connectivity index (χ1) is 10.6. The van der Waals surface area contributed by atoms with Gasteiger partial charge in [-0.25, -0.2) is 9.59 Å². The number of carbonyl (C=O) groups excluding carboxylic acids is 2. The molecule has 1 saturated heterocycles. The number of imide groups is 1. The Morgan fingerprint density at radius 3 is 2.52 bits per heavy atom. The molecule has 1 aliphatic heterocycles. The van der Waals surface area contributed by atoms with Crippen molar-refractivity contribution in [3.05, 3.63) is 0 Å². The summed E-state index contributed by atoms with van der Waals surface area (Å²) < 4.78 is 5.13. The molecule has 23 heavy (non-hydrogen) atoms. The van der Waals surface area contributed by atoms with E-state index in [0.29, 0.717) is 11.3 Å². The molecule has 9 heteroatoms. The van der Waals surface area contributed by atoms with Crippen molar-refractivity contribution < 1.29 is 29.6 Å². The summed E-state index contributed by atoms with van der Waals surface area (Å²) in [4.78, 5) is 25.0. The van der Waals surface area contributed by atoms with Gasteiger partial charge in [0.1, 0.15) is 11.1 Å². The Kier molecular flexibility index (Phi) is 4.83. The Bertz CT molecular complexity index is 492. The molecular weight excluding hydrogens is 328 g/mol. The zero-order valence-electron chi connectivity index (χ0n) is 13.3. The summed E-state index contributed by atoms with van der Waals surface area (Å²) in [5, 5.41) is 31.3. The number of hydrogen-bond acceptors (Lipinski definition) is 6. The van der Waals surface area contributed by atoms with Gasteiger partial charge in [0.25, 0.3) is 0 Å². The van der Waals surface area contributed by atoms with Gasteiger partial charge in [0.05, 0.1) is 5.38 Å². The van der Waals surface area contributed by atoms with Crippen LogP contribution in [-0.2, 0) is 4.74 Å². The maximum Gasteiger partial charge on any atom is 0.420 e. The molecule has 8 nitrogen and oxygen atoms in total. The maximum atomic E-state index is 12.2. The van der Waals surface area contributed by atoms with Crippen molar-refractivity contribution in [3.8, 4) is 0 Å². The number of carbonyl (C=O) groups is 2. The van der Waals surface area contributed by atoms with Crippen molar-refractivity contribution in [2.75, 3.05) is 13.2 Å². The third-order valence-electron chi connectivity index (χ3n) is 4.39. The lowest BCUT2D eigenvalue weighted by atomic mass is 9.86. The third-order valence-corrected chi connectivity index (χ3v) is 5.11. The van der Waals surface area contributed by atoms with Crippen molar-refractivity contribution in [3.63, 3.8) is 0 Å². The number of aliphatic hydroxyl groups is 3. The number of nitrogens with one attached hydrogen (secondary N) is 1. The van der Waals surface area contributed by atoms with Crippen LogP contribution in [0, 0.1) is 11.8 Å². The lowest BCUT2D eigenvalue weighted by molar-refractivity contribution is -0.0375. The number of halogens is 1. The molecule has 5 atom stereocenters. The number of aliphatic hydroxyl groups excluding tert-OH is 3. The topological polar surface area (TPSA) is 119 Å². The highest BCUT2D eigenvalue weighted by atomic mass is 35.5. The average Bonchev–Trinajstić information content (AvgIpc) is 2.85. The van der Waals surface area contributed by atoms with Gasteiger partial charge in [0, 0.05) is 25.0 Å². The normalized spacial score (nSPS) is 37.3. The van der Waals surface area contributed by atoms with Crippen LogP contribution >= 0.6 is 11.6 Å². The van der Waals surface area contributed by atoms with Crippen LogP contribution in [0.1, 0.15) is 27.2 Å². The highest BCUT2D eigenvalue weighted by Gasteiger charge is 2.66. The van der Waals surface area contributed by atoms with Gasteiger partial charge in [-0.2, -0.15) is 4.90 Å². The van der Waals surface area contributed by atoms with Crippen molar-refractivity contribution in [1.82, 2.24) is 10.2 Å². The molecule has 0 unspecified atom stereocenters. The van der Waals surface area contributed by atoms with Crippen molar-refractivity contribution in [2.24, 2.45) is 11.8 Å². The van der Waals surface area contributed by atoms with Gasteiger partial charge in [-0.15, -0.1) is 11.6 Å². The largest absolute Gasteiger partial charge is 0.443 e. The Balaban J connectivity index is 2.32. The summed E-state index contributed by atoms with van der Waals surface area (Å²) in [6.45, 7) is 4.32. The van der Waals surface area contributed by atoms with Gasteiger partial charge in [0.15, 0.2) is 6.23 Å². The molecule has 0 bridgehead atoms. The smallest absolute Gasteiger partial charge is 0.420 e. The van der Waals surface area contributed by atoms with E-state index in [0.717, 1.165) is 0 Å². The number of alkyl halides is 1. The predicted octanol–water partition coefficient (Wildman–Crippen LogP) is 0.232. The van der Waals surface area contributed by atoms with E-state index in [4.69, 9.17) is 16.3 Å². The maximum absolute atomic E-state index is 12.2. The molecule has 2 fully saturated rings. The molecule has 2 rings (SSSR count). The van der Waals surface area contributed by atoms with Crippen LogP contribution in [0.15, 0.2) is 0 Å². The van der Waals surface area contributed by atoms with Crippen molar-refractivity contribution in [1.29, 1.82) is 0 Å². The van der Waals surface area contributed by atoms with Crippen LogP contribution in [0.5, 0.6) is 0 Å². The molecule has 0 aromatic heterocycles. The molecule has 2 aliphatic rings. The lowest BCUT2D eigenvalue weighted by Gasteiger charge is -2.36. The number of urea groups is 1. The highest BCUT2D eigenvalue weighted by molar-refractivity contribution is 6.22. The Morgan fingerprint density at radius 2 is 2.04 bits per heavy atom. The minimum atomic E-state index is -1.60. The second-order valence-corrected chi connectivity index (χ2v) is 7.52. The van der Waals surface area contributed by atoms with E-state index in [-0.39, 0.29) is 13.2 Å². The second kappa shape index (κ2) is 6.08. The monoisotopic (exact) mass is 350 g/mol. The summed E-state index contributed by atoms with van der Waals surface area (Å²) >= 11 is 6.35. The van der Waals surface area contributed by atoms with Gasteiger partial charge in [0.2, 0.25) is 0 Å². The van der Waals surface area contributed by atoms with E-state index in [1.807, 2.05) is 0 Å². The number of rotatable bonds is 2. The van der Waals surface area contributed by atoms with Gasteiger partial charge in [-0.1, -0.05) is 0 Å². The molecule has 0 aromatic carbocycles. The molecular formula is C14H23ClN2O6. The number of ether oxygens (including phenoxy) is 1. The first-order valence-corrected chi connectivity index (χ1v) is 7.90. The fourth-order valence-corrected chi connectivity index (χ4v) is 3.87. The summed E-state index contributed by atoms with van der Waals surface area (Å²) in [5.74, 6) is -1.00. The first-order valence-electron chi connectivity index (χ1n) is 7.46. The number of hydrogen-bond donors (Lipinski definition) is 4. The minimum Gasteiger partial charge on any atom is -0.443 e. The van der Waals surface area contributed by atoms with E-state index >= 15 is 0 Å². The summed E-state index contributed by atoms with van der Waals surface area (Å²) in [6.07, 6.45) is -2.27. The van der Waals surface area contributed by atoms with Gasteiger partial charge in [-0.3, -0.25) is 0 Å². The minimum absolute atomic E-state index is 0.249. The van der Waals surface area contributed by atoms with E-state index in [1.54, 1.807) is 20.8 Å². The van der Waals surface area contributed by atoms with E-state index in [9.17, 15) is 24.9 Å². The summed E-state index contributed by atoms with van der Waals surface area (Å²) in [6, 6.07) is -0.838. The Hall–Kier alpha value is -1.09. The van der Waals surface area contributed by atoms with Crippen LogP contribution in [0.2, 0.25) is 0 Å². The van der Waals surface area contributed by atoms with Crippen LogP contribution in [-0.4, -0.2) is 68.3 Å². The highest BCUT2D eigenvalue weighted by Crippen LogP contribution is 2.48. The number of amides is 3. The van der Waals surface area contributed by atoms with Crippen LogP contribution in [0.25, 0.3) is 0 Å². The van der Waals surface area contributed by atoms with Gasteiger partial charge >= 0.3 is 12.1 Å². The first kappa shape index (κ1) is 18.3. The molecule has 1 spiro atoms. The molecule has 4 N–H and O–H groups in total. The Morgan fingerprint density at radius 1 is 1.43 bits per heavy atom. The SMILES string of the molecule is CC(C)(C)OC(=O)N1C(=O)N[C@@]2([C@H](CO)C[C@H](CO)[C@@H]2Cl)[C@H]1O.